The SMILES string of the molecule is CC(C)(C)C(=O)OCn1cnc([C@@H]2O[C@H](CO)[C@@H](OCc3ccccc3)[C@H]2OCc2ccccc2)c1. The third kappa shape index (κ3) is 6.59. The van der Waals surface area contributed by atoms with Gasteiger partial charge in [-0.05, 0) is 31.9 Å². The van der Waals surface area contributed by atoms with Crippen LogP contribution in [0.5, 0.6) is 0 Å². The fourth-order valence-corrected chi connectivity index (χ4v) is 3.97. The Morgan fingerprint density at radius 1 is 0.972 bits per heavy atom. The van der Waals surface area contributed by atoms with Gasteiger partial charge < -0.3 is 28.6 Å². The van der Waals surface area contributed by atoms with E-state index in [4.69, 9.17) is 18.9 Å². The molecule has 8 heteroatoms. The number of carbonyl (C=O) groups is 1. The number of hydrogen-bond donors (Lipinski definition) is 1. The number of benzene rings is 2. The summed E-state index contributed by atoms with van der Waals surface area (Å²) in [5, 5.41) is 10.1. The molecule has 192 valence electrons. The Morgan fingerprint density at radius 2 is 1.56 bits per heavy atom. The molecule has 0 spiro atoms. The van der Waals surface area contributed by atoms with Gasteiger partial charge in [0.2, 0.25) is 0 Å². The molecule has 1 aliphatic rings. The second-order valence-corrected chi connectivity index (χ2v) is 9.92. The van der Waals surface area contributed by atoms with Crippen molar-refractivity contribution in [2.24, 2.45) is 5.41 Å². The van der Waals surface area contributed by atoms with Crippen LogP contribution in [-0.2, 0) is 43.7 Å². The first-order valence-corrected chi connectivity index (χ1v) is 12.1. The van der Waals surface area contributed by atoms with Crippen LogP contribution in [0.1, 0.15) is 43.7 Å². The van der Waals surface area contributed by atoms with Crippen molar-refractivity contribution in [2.75, 3.05) is 6.61 Å². The Kier molecular flexibility index (Phi) is 8.53. The van der Waals surface area contributed by atoms with Crippen LogP contribution in [0.15, 0.2) is 73.2 Å². The van der Waals surface area contributed by atoms with E-state index in [1.54, 1.807) is 37.9 Å². The summed E-state index contributed by atoms with van der Waals surface area (Å²) in [6.45, 7) is 5.97. The molecule has 36 heavy (non-hydrogen) atoms. The Bertz CT molecular complexity index is 1100. The molecule has 1 saturated heterocycles. The first-order chi connectivity index (χ1) is 17.3. The Balaban J connectivity index is 1.51. The average molecular weight is 495 g/mol. The Labute approximate surface area is 211 Å². The molecule has 0 radical (unpaired) electrons. The Hall–Kier alpha value is -3.04. The quantitative estimate of drug-likeness (QED) is 0.426. The lowest BCUT2D eigenvalue weighted by atomic mass is 9.98. The van der Waals surface area contributed by atoms with Gasteiger partial charge in [0.25, 0.3) is 0 Å². The van der Waals surface area contributed by atoms with Crippen LogP contribution in [0.4, 0.5) is 0 Å². The van der Waals surface area contributed by atoms with Gasteiger partial charge in [-0.3, -0.25) is 4.79 Å². The zero-order valence-electron chi connectivity index (χ0n) is 20.9. The lowest BCUT2D eigenvalue weighted by molar-refractivity contribution is -0.156. The number of rotatable bonds is 10. The minimum atomic E-state index is -0.591. The van der Waals surface area contributed by atoms with E-state index in [1.165, 1.54) is 0 Å². The summed E-state index contributed by atoms with van der Waals surface area (Å²) in [5.41, 5.74) is 2.06. The van der Waals surface area contributed by atoms with Crippen molar-refractivity contribution in [2.45, 2.75) is 65.1 Å². The van der Waals surface area contributed by atoms with E-state index in [0.717, 1.165) is 11.1 Å². The number of aromatic nitrogens is 2. The number of carbonyl (C=O) groups excluding carboxylic acids is 1. The maximum atomic E-state index is 12.1. The average Bonchev–Trinajstić information content (AvgIpc) is 3.49. The van der Waals surface area contributed by atoms with E-state index < -0.39 is 29.8 Å². The molecule has 0 aliphatic carbocycles. The van der Waals surface area contributed by atoms with Crippen molar-refractivity contribution in [3.8, 4) is 0 Å². The summed E-state index contributed by atoms with van der Waals surface area (Å²) in [6.07, 6.45) is 1.21. The first kappa shape index (κ1) is 26.0. The van der Waals surface area contributed by atoms with E-state index >= 15 is 0 Å². The van der Waals surface area contributed by atoms with Crippen LogP contribution < -0.4 is 0 Å². The van der Waals surface area contributed by atoms with Gasteiger partial charge in [0.15, 0.2) is 6.73 Å². The summed E-state index contributed by atoms with van der Waals surface area (Å²) in [7, 11) is 0. The summed E-state index contributed by atoms with van der Waals surface area (Å²) < 4.78 is 25.9. The van der Waals surface area contributed by atoms with E-state index in [9.17, 15) is 9.90 Å². The molecule has 4 rings (SSSR count). The highest BCUT2D eigenvalue weighted by molar-refractivity contribution is 5.75. The lowest BCUT2D eigenvalue weighted by Crippen LogP contribution is -2.37. The second-order valence-electron chi connectivity index (χ2n) is 9.92. The molecule has 1 aromatic heterocycles. The van der Waals surface area contributed by atoms with E-state index in [0.29, 0.717) is 18.9 Å². The third-order valence-corrected chi connectivity index (χ3v) is 5.96. The van der Waals surface area contributed by atoms with Crippen molar-refractivity contribution in [3.05, 3.63) is 90.0 Å². The summed E-state index contributed by atoms with van der Waals surface area (Å²) in [6, 6.07) is 19.7. The molecule has 8 nitrogen and oxygen atoms in total. The van der Waals surface area contributed by atoms with Crippen LogP contribution in [0.2, 0.25) is 0 Å². The van der Waals surface area contributed by atoms with Crippen LogP contribution >= 0.6 is 0 Å². The zero-order chi connectivity index (χ0) is 25.5. The molecular weight excluding hydrogens is 460 g/mol. The zero-order valence-corrected chi connectivity index (χ0v) is 20.9. The molecule has 3 aromatic rings. The molecule has 2 heterocycles. The molecule has 1 N–H and O–H groups in total. The number of imidazole rings is 1. The highest BCUT2D eigenvalue weighted by atomic mass is 16.6. The van der Waals surface area contributed by atoms with Gasteiger partial charge >= 0.3 is 5.97 Å². The molecule has 0 bridgehead atoms. The van der Waals surface area contributed by atoms with Crippen LogP contribution in [0.25, 0.3) is 0 Å². The number of hydrogen-bond acceptors (Lipinski definition) is 7. The number of nitrogens with zero attached hydrogens (tertiary/aromatic N) is 2. The van der Waals surface area contributed by atoms with Crippen molar-refractivity contribution < 1.29 is 28.8 Å². The van der Waals surface area contributed by atoms with E-state index in [1.807, 2.05) is 60.7 Å². The summed E-state index contributed by atoms with van der Waals surface area (Å²) >= 11 is 0. The fraction of sp³-hybridized carbons (Fsp3) is 0.429. The maximum absolute atomic E-state index is 12.1. The van der Waals surface area contributed by atoms with Crippen LogP contribution in [0, 0.1) is 5.41 Å². The molecule has 1 fully saturated rings. The Morgan fingerprint density at radius 3 is 2.11 bits per heavy atom. The number of esters is 1. The normalized spacial score (nSPS) is 22.0. The molecule has 2 aromatic carbocycles. The monoisotopic (exact) mass is 494 g/mol. The standard InChI is InChI=1S/C28H34N2O6/c1-28(2,3)27(32)35-19-30-14-22(29-18-30)24-26(34-17-21-12-8-5-9-13-21)25(23(15-31)36-24)33-16-20-10-6-4-7-11-20/h4-14,18,23-26,31H,15-17,19H2,1-3H3/t23-,24+,25-,26+/m1/s1. The van der Waals surface area contributed by atoms with E-state index in [-0.39, 0.29) is 19.3 Å². The van der Waals surface area contributed by atoms with Crippen LogP contribution in [0.3, 0.4) is 0 Å². The molecule has 0 unspecified atom stereocenters. The summed E-state index contributed by atoms with van der Waals surface area (Å²) in [4.78, 5) is 16.6. The van der Waals surface area contributed by atoms with Gasteiger partial charge in [0.1, 0.15) is 24.4 Å². The van der Waals surface area contributed by atoms with Gasteiger partial charge in [-0.2, -0.15) is 0 Å². The largest absolute Gasteiger partial charge is 0.443 e. The molecule has 0 saturated carbocycles. The molecule has 4 atom stereocenters. The van der Waals surface area contributed by atoms with Gasteiger partial charge in [-0.25, -0.2) is 4.98 Å². The van der Waals surface area contributed by atoms with Gasteiger partial charge in [0.05, 0.1) is 37.3 Å². The van der Waals surface area contributed by atoms with E-state index in [2.05, 4.69) is 4.98 Å². The fourth-order valence-electron chi connectivity index (χ4n) is 3.97. The van der Waals surface area contributed by atoms with Crippen molar-refractivity contribution in [1.29, 1.82) is 0 Å². The lowest BCUT2D eigenvalue weighted by Gasteiger charge is -2.24. The third-order valence-electron chi connectivity index (χ3n) is 5.96. The summed E-state index contributed by atoms with van der Waals surface area (Å²) in [5.74, 6) is -0.298. The molecule has 0 amide bonds. The maximum Gasteiger partial charge on any atom is 0.312 e. The minimum absolute atomic E-state index is 0.0444. The molecular formula is C28H34N2O6. The number of aliphatic hydroxyl groups is 1. The highest BCUT2D eigenvalue weighted by Crippen LogP contribution is 2.37. The second kappa shape index (κ2) is 11.8. The number of ether oxygens (including phenoxy) is 4. The first-order valence-electron chi connectivity index (χ1n) is 12.1. The predicted molar refractivity (Wildman–Crippen MR) is 133 cm³/mol. The van der Waals surface area contributed by atoms with Gasteiger partial charge in [-0.15, -0.1) is 0 Å². The van der Waals surface area contributed by atoms with Gasteiger partial charge in [0, 0.05) is 6.20 Å². The van der Waals surface area contributed by atoms with Crippen molar-refractivity contribution >= 4 is 5.97 Å². The smallest absolute Gasteiger partial charge is 0.312 e. The molecule has 1 aliphatic heterocycles. The predicted octanol–water partition coefficient (Wildman–Crippen LogP) is 4.03. The minimum Gasteiger partial charge on any atom is -0.443 e. The van der Waals surface area contributed by atoms with Gasteiger partial charge in [-0.1, -0.05) is 60.7 Å². The number of aliphatic hydroxyl groups excluding tert-OH is 1. The van der Waals surface area contributed by atoms with Crippen molar-refractivity contribution in [1.82, 2.24) is 9.55 Å². The van der Waals surface area contributed by atoms with Crippen molar-refractivity contribution in [3.63, 3.8) is 0 Å². The highest BCUT2D eigenvalue weighted by Gasteiger charge is 2.47. The van der Waals surface area contributed by atoms with Crippen LogP contribution in [-0.4, -0.2) is 45.5 Å². The topological polar surface area (TPSA) is 92.0 Å².